The molecule has 3 atom stereocenters. The monoisotopic (exact) mass is 125 g/mol. The van der Waals surface area contributed by atoms with Gasteiger partial charge in [0.05, 0.1) is 6.04 Å². The molecule has 0 bridgehead atoms. The van der Waals surface area contributed by atoms with Gasteiger partial charge in [0.2, 0.25) is 0 Å². The molecule has 2 rings (SSSR count). The van der Waals surface area contributed by atoms with Crippen molar-refractivity contribution in [1.82, 2.24) is 5.32 Å². The van der Waals surface area contributed by atoms with E-state index in [4.69, 9.17) is 0 Å². The normalized spacial score (nSPS) is 47.8. The average Bonchev–Trinajstić information content (AvgIpc) is 2.07. The third-order valence-corrected chi connectivity index (χ3v) is 2.70. The number of hydrogen-bond donors (Lipinski definition) is 1. The lowest BCUT2D eigenvalue weighted by Gasteiger charge is -2.30. The molecule has 9 heavy (non-hydrogen) atoms. The molecule has 1 saturated heterocycles. The largest absolute Gasteiger partial charge is 0.307 e. The zero-order valence-electron chi connectivity index (χ0n) is 5.34. The van der Waals surface area contributed by atoms with Crippen molar-refractivity contribution in [3.8, 4) is 0 Å². The molecule has 0 radical (unpaired) electrons. The Morgan fingerprint density at radius 2 is 2.33 bits per heavy atom. The van der Waals surface area contributed by atoms with E-state index in [1.54, 1.807) is 0 Å². The van der Waals surface area contributed by atoms with Gasteiger partial charge in [0.25, 0.3) is 0 Å². The SMILES string of the molecule is O=CC1NCC2CCC21. The van der Waals surface area contributed by atoms with Gasteiger partial charge in [-0.25, -0.2) is 0 Å². The molecule has 0 aromatic carbocycles. The molecule has 2 nitrogen and oxygen atoms in total. The fourth-order valence-corrected chi connectivity index (χ4v) is 1.91. The number of hydrogen-bond acceptors (Lipinski definition) is 2. The van der Waals surface area contributed by atoms with E-state index in [0.29, 0.717) is 5.92 Å². The minimum Gasteiger partial charge on any atom is -0.307 e. The van der Waals surface area contributed by atoms with Crippen LogP contribution in [0.1, 0.15) is 12.8 Å². The summed E-state index contributed by atoms with van der Waals surface area (Å²) in [5.41, 5.74) is 0. The molecule has 50 valence electrons. The van der Waals surface area contributed by atoms with E-state index in [2.05, 4.69) is 5.32 Å². The molecule has 0 spiro atoms. The quantitative estimate of drug-likeness (QED) is 0.507. The Hall–Kier alpha value is -0.370. The van der Waals surface area contributed by atoms with E-state index in [0.717, 1.165) is 18.7 Å². The van der Waals surface area contributed by atoms with E-state index >= 15 is 0 Å². The van der Waals surface area contributed by atoms with Crippen LogP contribution in [0.15, 0.2) is 0 Å². The molecule has 1 saturated carbocycles. The van der Waals surface area contributed by atoms with Gasteiger partial charge in [-0.15, -0.1) is 0 Å². The van der Waals surface area contributed by atoms with Crippen molar-refractivity contribution in [1.29, 1.82) is 0 Å². The van der Waals surface area contributed by atoms with Gasteiger partial charge in [-0.3, -0.25) is 0 Å². The van der Waals surface area contributed by atoms with Gasteiger partial charge in [0.15, 0.2) is 0 Å². The summed E-state index contributed by atoms with van der Waals surface area (Å²) >= 11 is 0. The minimum absolute atomic E-state index is 0.198. The second kappa shape index (κ2) is 1.81. The molecule has 2 aliphatic rings. The third-order valence-electron chi connectivity index (χ3n) is 2.70. The van der Waals surface area contributed by atoms with Gasteiger partial charge < -0.3 is 10.1 Å². The highest BCUT2D eigenvalue weighted by atomic mass is 16.1. The van der Waals surface area contributed by atoms with E-state index < -0.39 is 0 Å². The first kappa shape index (κ1) is 5.42. The van der Waals surface area contributed by atoms with Crippen molar-refractivity contribution in [3.05, 3.63) is 0 Å². The Labute approximate surface area is 54.6 Å². The molecule has 0 aromatic heterocycles. The van der Waals surface area contributed by atoms with Gasteiger partial charge in [-0.2, -0.15) is 0 Å². The van der Waals surface area contributed by atoms with Crippen molar-refractivity contribution in [2.24, 2.45) is 11.8 Å². The van der Waals surface area contributed by atoms with Crippen LogP contribution in [0, 0.1) is 11.8 Å². The average molecular weight is 125 g/mol. The fraction of sp³-hybridized carbons (Fsp3) is 0.857. The lowest BCUT2D eigenvalue weighted by atomic mass is 9.73. The second-order valence-corrected chi connectivity index (χ2v) is 3.07. The maximum Gasteiger partial charge on any atom is 0.137 e. The van der Waals surface area contributed by atoms with Crippen LogP contribution in [0.5, 0.6) is 0 Å². The van der Waals surface area contributed by atoms with Crippen LogP contribution in [0.3, 0.4) is 0 Å². The predicted molar refractivity (Wildman–Crippen MR) is 34.1 cm³/mol. The van der Waals surface area contributed by atoms with E-state index in [1.165, 1.54) is 12.8 Å². The molecule has 0 amide bonds. The van der Waals surface area contributed by atoms with Gasteiger partial charge >= 0.3 is 0 Å². The lowest BCUT2D eigenvalue weighted by molar-refractivity contribution is -0.110. The Bertz CT molecular complexity index is 135. The summed E-state index contributed by atoms with van der Waals surface area (Å²) in [6.07, 6.45) is 3.66. The zero-order valence-corrected chi connectivity index (χ0v) is 5.34. The van der Waals surface area contributed by atoms with Crippen molar-refractivity contribution in [2.45, 2.75) is 18.9 Å². The first-order chi connectivity index (χ1) is 4.42. The summed E-state index contributed by atoms with van der Waals surface area (Å²) in [5, 5.41) is 3.20. The van der Waals surface area contributed by atoms with Gasteiger partial charge in [0, 0.05) is 0 Å². The van der Waals surface area contributed by atoms with Crippen LogP contribution in [0.2, 0.25) is 0 Å². The molecule has 0 aromatic rings. The fourth-order valence-electron chi connectivity index (χ4n) is 1.91. The van der Waals surface area contributed by atoms with E-state index in [1.807, 2.05) is 0 Å². The molecule has 2 fully saturated rings. The highest BCUT2D eigenvalue weighted by Gasteiger charge is 2.41. The highest BCUT2D eigenvalue weighted by Crippen LogP contribution is 2.39. The molecular weight excluding hydrogens is 114 g/mol. The highest BCUT2D eigenvalue weighted by molar-refractivity contribution is 5.59. The Morgan fingerprint density at radius 3 is 2.67 bits per heavy atom. The number of fused-ring (bicyclic) bond motifs is 1. The second-order valence-electron chi connectivity index (χ2n) is 3.07. The maximum absolute atomic E-state index is 10.3. The Kier molecular flexibility index (Phi) is 1.09. The van der Waals surface area contributed by atoms with Gasteiger partial charge in [-0.05, 0) is 31.2 Å². The maximum atomic E-state index is 10.3. The Balaban J connectivity index is 2.04. The van der Waals surface area contributed by atoms with Crippen molar-refractivity contribution in [3.63, 3.8) is 0 Å². The van der Waals surface area contributed by atoms with Crippen molar-refractivity contribution in [2.75, 3.05) is 6.54 Å². The molecule has 1 heterocycles. The summed E-state index contributed by atoms with van der Waals surface area (Å²) in [6.45, 7) is 1.08. The Morgan fingerprint density at radius 1 is 1.44 bits per heavy atom. The van der Waals surface area contributed by atoms with Gasteiger partial charge in [-0.1, -0.05) is 0 Å². The van der Waals surface area contributed by atoms with Crippen LogP contribution < -0.4 is 5.32 Å². The standard InChI is InChI=1S/C7H11NO/c9-4-7-6-2-1-5(6)3-8-7/h4-8H,1-3H2. The summed E-state index contributed by atoms with van der Waals surface area (Å²) in [5.74, 6) is 1.53. The molecule has 1 aliphatic heterocycles. The first-order valence-electron chi connectivity index (χ1n) is 3.60. The van der Waals surface area contributed by atoms with Crippen molar-refractivity contribution < 1.29 is 4.79 Å². The molecule has 2 heteroatoms. The van der Waals surface area contributed by atoms with Crippen LogP contribution >= 0.6 is 0 Å². The summed E-state index contributed by atoms with van der Waals surface area (Å²) in [4.78, 5) is 10.3. The number of nitrogens with one attached hydrogen (secondary N) is 1. The summed E-state index contributed by atoms with van der Waals surface area (Å²) < 4.78 is 0. The topological polar surface area (TPSA) is 29.1 Å². The first-order valence-corrected chi connectivity index (χ1v) is 3.60. The van der Waals surface area contributed by atoms with Crippen molar-refractivity contribution >= 4 is 6.29 Å². The predicted octanol–water partition coefficient (Wildman–Crippen LogP) is 0.183. The van der Waals surface area contributed by atoms with Crippen LogP contribution in [-0.2, 0) is 4.79 Å². The molecular formula is C7H11NO. The van der Waals surface area contributed by atoms with Crippen LogP contribution in [-0.4, -0.2) is 18.9 Å². The summed E-state index contributed by atoms with van der Waals surface area (Å²) in [6, 6.07) is 0.198. The third kappa shape index (κ3) is 0.628. The van der Waals surface area contributed by atoms with E-state index in [-0.39, 0.29) is 6.04 Å². The van der Waals surface area contributed by atoms with E-state index in [9.17, 15) is 4.79 Å². The van der Waals surface area contributed by atoms with Crippen LogP contribution in [0.25, 0.3) is 0 Å². The molecule has 1 N–H and O–H groups in total. The molecule has 1 aliphatic carbocycles. The number of carbonyl (C=O) groups is 1. The zero-order chi connectivity index (χ0) is 6.27. The smallest absolute Gasteiger partial charge is 0.137 e. The molecule has 3 unspecified atom stereocenters. The number of carbonyl (C=O) groups excluding carboxylic acids is 1. The summed E-state index contributed by atoms with van der Waals surface area (Å²) in [7, 11) is 0. The minimum atomic E-state index is 0.198. The number of rotatable bonds is 1. The number of aldehydes is 1. The van der Waals surface area contributed by atoms with Gasteiger partial charge in [0.1, 0.15) is 6.29 Å². The van der Waals surface area contributed by atoms with Crippen LogP contribution in [0.4, 0.5) is 0 Å². The lowest BCUT2D eigenvalue weighted by Crippen LogP contribution is -2.32.